The van der Waals surface area contributed by atoms with E-state index in [0.29, 0.717) is 11.2 Å². The van der Waals surface area contributed by atoms with Gasteiger partial charge in [-0.15, -0.1) is 0 Å². The zero-order chi connectivity index (χ0) is 44.8. The van der Waals surface area contributed by atoms with E-state index >= 15 is 0 Å². The van der Waals surface area contributed by atoms with Crippen molar-refractivity contribution in [1.29, 1.82) is 0 Å². The number of hydrogen-bond donors (Lipinski definition) is 9. The number of aromatic nitrogens is 6. The van der Waals surface area contributed by atoms with Crippen molar-refractivity contribution in [1.82, 2.24) is 29.1 Å². The Morgan fingerprint density at radius 3 is 1.74 bits per heavy atom. The molecule has 5 rings (SSSR count). The van der Waals surface area contributed by atoms with Gasteiger partial charge in [-0.3, -0.25) is 28.0 Å². The first-order valence-electron chi connectivity index (χ1n) is 18.5. The molecule has 2 saturated heterocycles. The molecule has 2 aliphatic rings. The van der Waals surface area contributed by atoms with E-state index in [9.17, 15) is 67.8 Å². The fourth-order valence-corrected chi connectivity index (χ4v) is 11.1. The molecule has 0 bridgehead atoms. The highest BCUT2D eigenvalue weighted by Gasteiger charge is 2.50. The molecule has 0 spiro atoms. The maximum absolute atomic E-state index is 12.6. The number of phosphoric ester groups is 2. The van der Waals surface area contributed by atoms with E-state index in [0.717, 1.165) is 50.8 Å². The van der Waals surface area contributed by atoms with Crippen molar-refractivity contribution in [3.05, 3.63) is 45.8 Å². The molecule has 32 heteroatoms. The van der Waals surface area contributed by atoms with Gasteiger partial charge in [-0.1, -0.05) is 51.9 Å². The Kier molecular flexibility index (Phi) is 16.9. The first-order chi connectivity index (χ1) is 28.6. The van der Waals surface area contributed by atoms with E-state index < -0.39 is 105 Å². The smallest absolute Gasteiger partial charge is 0.476 e. The molecular weight excluding hydrogens is 908 g/mol. The van der Waals surface area contributed by atoms with Crippen molar-refractivity contribution in [3.8, 4) is 5.88 Å². The van der Waals surface area contributed by atoms with Crippen molar-refractivity contribution in [2.45, 2.75) is 107 Å². The topological polar surface area (TPSA) is 402 Å². The molecule has 28 nitrogen and oxygen atoms in total. The standard InChI is InChI=1S/C29H46N6O22P4/c1-2-3-4-5-6-7-8-9-12-50-26-20-25(30-15-31-26)32-16-35(20)28-24(40)22(38)18(54-28)14-52-59(44,45)56-61(48,49)57-60(46,47)55-58(42,43)51-13-17-21(37)23(39)27(53-17)34-11-10-19(36)33-29(34)41/h10-11,15-18,21-24,27-28,37-40H,2-9,12-14H2,1H3,(H,42,43)(H,44,45)(H,46,47)(H,48,49)(H,33,36,41)/t17-,18?,21-,22?,23-,24?,27+,28?/m1/s1. The third-order valence-electron chi connectivity index (χ3n) is 9.07. The zero-order valence-corrected chi connectivity index (χ0v) is 35.6. The fourth-order valence-electron chi connectivity index (χ4n) is 6.18. The van der Waals surface area contributed by atoms with Crippen molar-refractivity contribution in [2.24, 2.45) is 0 Å². The maximum atomic E-state index is 12.6. The summed E-state index contributed by atoms with van der Waals surface area (Å²) in [6, 6.07) is 0.882. The number of aliphatic hydroxyl groups excluding tert-OH is 4. The number of hydrogen-bond acceptors (Lipinski definition) is 21. The molecule has 2 fully saturated rings. The van der Waals surface area contributed by atoms with Crippen LogP contribution in [0.15, 0.2) is 34.5 Å². The van der Waals surface area contributed by atoms with Crippen molar-refractivity contribution >= 4 is 42.5 Å². The van der Waals surface area contributed by atoms with Gasteiger partial charge in [0.25, 0.3) is 5.56 Å². The van der Waals surface area contributed by atoms with Crippen LogP contribution in [0.5, 0.6) is 5.88 Å². The predicted octanol–water partition coefficient (Wildman–Crippen LogP) is 0.619. The summed E-state index contributed by atoms with van der Waals surface area (Å²) in [5, 5.41) is 42.0. The average Bonchev–Trinajstić information content (AvgIpc) is 3.80. The number of imidazole rings is 1. The quantitative estimate of drug-likeness (QED) is 0.0439. The lowest BCUT2D eigenvalue weighted by Gasteiger charge is -2.21. The van der Waals surface area contributed by atoms with E-state index in [2.05, 4.69) is 43.9 Å². The lowest BCUT2D eigenvalue weighted by molar-refractivity contribution is -0.0542. The third kappa shape index (κ3) is 13.4. The van der Waals surface area contributed by atoms with Gasteiger partial charge in [0.15, 0.2) is 23.6 Å². The largest absolute Gasteiger partial charge is 0.490 e. The number of ether oxygens (including phenoxy) is 3. The highest BCUT2D eigenvalue weighted by Crippen LogP contribution is 2.71. The van der Waals surface area contributed by atoms with E-state index in [1.165, 1.54) is 30.1 Å². The van der Waals surface area contributed by atoms with Gasteiger partial charge in [0, 0.05) is 12.3 Å². The Hall–Kier alpha value is -2.65. The van der Waals surface area contributed by atoms with E-state index in [-0.39, 0.29) is 17.0 Å². The molecule has 344 valence electrons. The summed E-state index contributed by atoms with van der Waals surface area (Å²) >= 11 is 0. The number of aliphatic hydroxyl groups is 4. The zero-order valence-electron chi connectivity index (χ0n) is 32.0. The number of fused-ring (bicyclic) bond motifs is 1. The Bertz CT molecular complexity index is 2260. The second kappa shape index (κ2) is 20.9. The molecular formula is C29H46N6O22P4. The summed E-state index contributed by atoms with van der Waals surface area (Å²) in [4.78, 5) is 77.5. The summed E-state index contributed by atoms with van der Waals surface area (Å²) in [6.07, 6.45) is -1.94. The summed E-state index contributed by atoms with van der Waals surface area (Å²) in [7, 11) is -24.1. The number of phosphoric acid groups is 4. The first-order valence-corrected chi connectivity index (χ1v) is 24.5. The molecule has 0 amide bonds. The van der Waals surface area contributed by atoms with Crippen LogP contribution in [-0.2, 0) is 49.7 Å². The van der Waals surface area contributed by atoms with Gasteiger partial charge in [0.05, 0.1) is 19.8 Å². The maximum Gasteiger partial charge on any atom is 0.490 e. The van der Waals surface area contributed by atoms with Gasteiger partial charge in [-0.25, -0.2) is 33.0 Å². The molecule has 9 N–H and O–H groups in total. The van der Waals surface area contributed by atoms with Crippen LogP contribution in [0.25, 0.3) is 11.2 Å². The Balaban J connectivity index is 1.11. The molecule has 0 radical (unpaired) electrons. The van der Waals surface area contributed by atoms with Gasteiger partial charge in [0.1, 0.15) is 49.3 Å². The summed E-state index contributed by atoms with van der Waals surface area (Å²) in [6.45, 7) is 0.129. The van der Waals surface area contributed by atoms with Crippen LogP contribution in [0.2, 0.25) is 0 Å². The van der Waals surface area contributed by atoms with E-state index in [4.69, 9.17) is 14.2 Å². The normalized spacial score (nSPS) is 28.3. The average molecular weight is 955 g/mol. The van der Waals surface area contributed by atoms with Crippen LogP contribution in [0.4, 0.5) is 0 Å². The Labute approximate surface area is 344 Å². The predicted molar refractivity (Wildman–Crippen MR) is 201 cm³/mol. The number of aromatic amines is 1. The Morgan fingerprint density at radius 1 is 0.689 bits per heavy atom. The molecule has 0 saturated carbocycles. The minimum absolute atomic E-state index is 0.0922. The van der Waals surface area contributed by atoms with Crippen LogP contribution in [0.3, 0.4) is 0 Å². The first kappa shape index (κ1) is 49.4. The van der Waals surface area contributed by atoms with Gasteiger partial charge >= 0.3 is 37.0 Å². The van der Waals surface area contributed by atoms with E-state index in [1.54, 1.807) is 0 Å². The number of nitrogens with zero attached hydrogens (tertiary/aromatic N) is 5. The van der Waals surface area contributed by atoms with Gasteiger partial charge in [-0.2, -0.15) is 17.9 Å². The SMILES string of the molecule is CCCCCCCCCCOc1ncnc2ncn(C3OC(COP(=O)(O)OP(=O)(O)OP(=O)(O)OP(=O)(O)OC[C@H]4O[C@H](n5ccc(=O)[nH]c5=O)[C@H](O)[C@@H]4O)C(O)C3O)c12. The van der Waals surface area contributed by atoms with Crippen LogP contribution >= 0.6 is 31.3 Å². The summed E-state index contributed by atoms with van der Waals surface area (Å²) in [5.41, 5.74) is -1.54. The third-order valence-corrected chi connectivity index (χ3v) is 15.0. The van der Waals surface area contributed by atoms with Crippen molar-refractivity contribution < 1.29 is 94.4 Å². The number of H-pyrrole nitrogens is 1. The fraction of sp³-hybridized carbons (Fsp3) is 0.690. The minimum Gasteiger partial charge on any atom is -0.476 e. The highest BCUT2D eigenvalue weighted by molar-refractivity contribution is 7.69. The summed E-state index contributed by atoms with van der Waals surface area (Å²) < 4.78 is 89.2. The second-order valence-corrected chi connectivity index (χ2v) is 19.9. The van der Waals surface area contributed by atoms with Crippen molar-refractivity contribution in [2.75, 3.05) is 19.8 Å². The Morgan fingerprint density at radius 2 is 1.20 bits per heavy atom. The molecule has 2 aliphatic heterocycles. The molecule has 12 atom stereocenters. The molecule has 0 aromatic carbocycles. The van der Waals surface area contributed by atoms with E-state index in [1.807, 2.05) is 4.98 Å². The molecule has 3 aromatic heterocycles. The molecule has 0 aliphatic carbocycles. The van der Waals surface area contributed by atoms with Gasteiger partial charge < -0.3 is 54.2 Å². The highest BCUT2D eigenvalue weighted by atomic mass is 31.3. The lowest BCUT2D eigenvalue weighted by atomic mass is 10.1. The van der Waals surface area contributed by atoms with Crippen molar-refractivity contribution in [3.63, 3.8) is 0 Å². The second-order valence-electron chi connectivity index (χ2n) is 13.6. The van der Waals surface area contributed by atoms with Crippen LogP contribution in [-0.4, -0.2) is 126 Å². The van der Waals surface area contributed by atoms with Gasteiger partial charge in [0.2, 0.25) is 5.88 Å². The molecule has 5 heterocycles. The lowest BCUT2D eigenvalue weighted by Crippen LogP contribution is -2.37. The minimum atomic E-state index is -6.24. The van der Waals surface area contributed by atoms with Gasteiger partial charge in [-0.05, 0) is 6.42 Å². The molecule has 61 heavy (non-hydrogen) atoms. The van der Waals surface area contributed by atoms with Crippen LogP contribution in [0.1, 0.15) is 70.7 Å². The van der Waals surface area contributed by atoms with Crippen LogP contribution < -0.4 is 16.0 Å². The molecule has 8 unspecified atom stereocenters. The number of nitrogens with one attached hydrogen (secondary N) is 1. The number of rotatable bonds is 24. The van der Waals surface area contributed by atoms with Crippen LogP contribution in [0, 0.1) is 0 Å². The molecule has 3 aromatic rings. The number of unbranched alkanes of at least 4 members (excludes halogenated alkanes) is 7. The summed E-state index contributed by atoms with van der Waals surface area (Å²) in [5.74, 6) is 0.0922. The monoisotopic (exact) mass is 954 g/mol.